The molecule has 0 aliphatic rings. The Bertz CT molecular complexity index is 856. The van der Waals surface area contributed by atoms with Gasteiger partial charge in [-0.1, -0.05) is 47.5 Å². The number of halogens is 2. The van der Waals surface area contributed by atoms with Crippen molar-refractivity contribution in [3.05, 3.63) is 93.7 Å². The average Bonchev–Trinajstić information content (AvgIpc) is 2.67. The van der Waals surface area contributed by atoms with E-state index in [4.69, 9.17) is 27.9 Å². The van der Waals surface area contributed by atoms with Crippen LogP contribution in [0.3, 0.4) is 0 Å². The first-order valence-corrected chi connectivity index (χ1v) is 9.17. The molecule has 1 aromatic heterocycles. The summed E-state index contributed by atoms with van der Waals surface area (Å²) < 4.78 is 5.83. The van der Waals surface area contributed by atoms with Gasteiger partial charge in [0, 0.05) is 23.8 Å². The molecule has 1 N–H and O–H groups in total. The number of hydrogen-bond donors (Lipinski definition) is 1. The van der Waals surface area contributed by atoms with Gasteiger partial charge in [-0.25, -0.2) is 0 Å². The number of hydrogen-bond acceptors (Lipinski definition) is 3. The van der Waals surface area contributed by atoms with E-state index in [1.54, 1.807) is 6.20 Å². The van der Waals surface area contributed by atoms with Crippen molar-refractivity contribution in [2.24, 2.45) is 0 Å². The summed E-state index contributed by atoms with van der Waals surface area (Å²) in [6.45, 7) is 3.20. The maximum absolute atomic E-state index is 6.26. The van der Waals surface area contributed by atoms with E-state index < -0.39 is 0 Å². The van der Waals surface area contributed by atoms with Gasteiger partial charge in [0.05, 0.1) is 10.7 Å². The second-order valence-corrected chi connectivity index (χ2v) is 6.88. The third kappa shape index (κ3) is 5.21. The van der Waals surface area contributed by atoms with Gasteiger partial charge in [-0.15, -0.1) is 0 Å². The van der Waals surface area contributed by atoms with Crippen LogP contribution < -0.4 is 10.1 Å². The molecule has 0 amide bonds. The molecule has 0 saturated heterocycles. The predicted octanol–water partition coefficient (Wildman–Crippen LogP) is 5.82. The summed E-state index contributed by atoms with van der Waals surface area (Å²) in [4.78, 5) is 4.25. The Kier molecular flexibility index (Phi) is 6.51. The van der Waals surface area contributed by atoms with Crippen LogP contribution in [-0.2, 0) is 13.2 Å². The van der Waals surface area contributed by atoms with E-state index >= 15 is 0 Å². The highest BCUT2D eigenvalue weighted by molar-refractivity contribution is 6.32. The molecule has 0 aliphatic carbocycles. The molecule has 0 aliphatic heterocycles. The lowest BCUT2D eigenvalue weighted by molar-refractivity contribution is 0.301. The molecule has 3 rings (SSSR count). The van der Waals surface area contributed by atoms with Gasteiger partial charge in [-0.05, 0) is 54.4 Å². The zero-order chi connectivity index (χ0) is 18.4. The fraction of sp³-hybridized carbons (Fsp3) is 0.190. The van der Waals surface area contributed by atoms with Crippen LogP contribution in [0.5, 0.6) is 5.75 Å². The van der Waals surface area contributed by atoms with Crippen LogP contribution >= 0.6 is 23.2 Å². The Morgan fingerprint density at radius 3 is 2.69 bits per heavy atom. The number of aromatic nitrogens is 1. The lowest BCUT2D eigenvalue weighted by Gasteiger charge is -2.15. The zero-order valence-corrected chi connectivity index (χ0v) is 16.0. The molecule has 0 fully saturated rings. The number of rotatable bonds is 7. The number of nitrogens with one attached hydrogen (secondary N) is 1. The normalized spacial score (nSPS) is 12.0. The van der Waals surface area contributed by atoms with Gasteiger partial charge in [0.1, 0.15) is 12.4 Å². The minimum absolute atomic E-state index is 0.183. The molecule has 0 spiro atoms. The van der Waals surface area contributed by atoms with E-state index in [1.807, 2.05) is 54.6 Å². The fourth-order valence-electron chi connectivity index (χ4n) is 2.57. The molecule has 1 atom stereocenters. The molecule has 1 heterocycles. The van der Waals surface area contributed by atoms with E-state index in [0.717, 1.165) is 21.8 Å². The summed E-state index contributed by atoms with van der Waals surface area (Å²) in [7, 11) is 0. The van der Waals surface area contributed by atoms with Gasteiger partial charge >= 0.3 is 0 Å². The third-order valence-electron chi connectivity index (χ3n) is 4.06. The highest BCUT2D eigenvalue weighted by atomic mass is 35.5. The van der Waals surface area contributed by atoms with Gasteiger partial charge in [0.25, 0.3) is 0 Å². The summed E-state index contributed by atoms with van der Waals surface area (Å²) in [6.07, 6.45) is 1.75. The molecule has 0 bridgehead atoms. The molecule has 134 valence electrons. The third-order valence-corrected chi connectivity index (χ3v) is 4.61. The molecule has 1 unspecified atom stereocenters. The summed E-state index contributed by atoms with van der Waals surface area (Å²) in [6, 6.07) is 19.6. The van der Waals surface area contributed by atoms with Crippen molar-refractivity contribution >= 4 is 23.2 Å². The fourth-order valence-corrected chi connectivity index (χ4v) is 2.94. The minimum atomic E-state index is 0.183. The molecule has 0 saturated carbocycles. The quantitative estimate of drug-likeness (QED) is 0.555. The van der Waals surface area contributed by atoms with E-state index in [-0.39, 0.29) is 6.04 Å². The van der Waals surface area contributed by atoms with Crippen LogP contribution in [0.1, 0.15) is 29.8 Å². The maximum Gasteiger partial charge on any atom is 0.138 e. The maximum atomic E-state index is 6.26. The van der Waals surface area contributed by atoms with E-state index in [2.05, 4.69) is 23.3 Å². The summed E-state index contributed by atoms with van der Waals surface area (Å²) in [5.41, 5.74) is 3.11. The smallest absolute Gasteiger partial charge is 0.138 e. The van der Waals surface area contributed by atoms with Gasteiger partial charge in [0.2, 0.25) is 0 Å². The van der Waals surface area contributed by atoms with Gasteiger partial charge < -0.3 is 10.1 Å². The summed E-state index contributed by atoms with van der Waals surface area (Å²) in [5.74, 6) is 0.659. The predicted molar refractivity (Wildman–Crippen MR) is 107 cm³/mol. The average molecular weight is 387 g/mol. The largest absolute Gasteiger partial charge is 0.486 e. The second kappa shape index (κ2) is 9.04. The Balaban J connectivity index is 1.61. The van der Waals surface area contributed by atoms with Crippen molar-refractivity contribution in [2.75, 3.05) is 0 Å². The highest BCUT2D eigenvalue weighted by Crippen LogP contribution is 2.27. The number of nitrogens with zero attached hydrogens (tertiary/aromatic N) is 1. The van der Waals surface area contributed by atoms with Gasteiger partial charge in [0.15, 0.2) is 0 Å². The monoisotopic (exact) mass is 386 g/mol. The van der Waals surface area contributed by atoms with E-state index in [0.29, 0.717) is 23.9 Å². The Morgan fingerprint density at radius 1 is 1.04 bits per heavy atom. The SMILES string of the molecule is CC(NCc1ccc(Cl)c(OCc2ccccn2)c1)c1cccc(Cl)c1. The number of benzene rings is 2. The van der Waals surface area contributed by atoms with Gasteiger partial charge in [-0.2, -0.15) is 0 Å². The minimum Gasteiger partial charge on any atom is -0.486 e. The molecule has 5 heteroatoms. The summed E-state index contributed by atoms with van der Waals surface area (Å²) in [5, 5.41) is 4.83. The standard InChI is InChI=1S/C21H20Cl2N2O/c1-15(17-5-4-6-18(22)12-17)25-13-16-8-9-20(23)21(11-16)26-14-19-7-2-3-10-24-19/h2-12,15,25H,13-14H2,1H3. The van der Waals surface area contributed by atoms with Crippen LogP contribution in [-0.4, -0.2) is 4.98 Å². The Labute approximate surface area is 163 Å². The lowest BCUT2D eigenvalue weighted by Crippen LogP contribution is -2.18. The van der Waals surface area contributed by atoms with E-state index in [9.17, 15) is 0 Å². The van der Waals surface area contributed by atoms with Crippen molar-refractivity contribution in [2.45, 2.75) is 26.1 Å². The Morgan fingerprint density at radius 2 is 1.92 bits per heavy atom. The molecule has 26 heavy (non-hydrogen) atoms. The van der Waals surface area contributed by atoms with Crippen LogP contribution in [0.2, 0.25) is 10.0 Å². The molecule has 0 radical (unpaired) electrons. The Hall–Kier alpha value is -2.07. The van der Waals surface area contributed by atoms with Crippen LogP contribution in [0.15, 0.2) is 66.9 Å². The van der Waals surface area contributed by atoms with Crippen LogP contribution in [0.4, 0.5) is 0 Å². The topological polar surface area (TPSA) is 34.1 Å². The zero-order valence-electron chi connectivity index (χ0n) is 14.5. The highest BCUT2D eigenvalue weighted by Gasteiger charge is 2.08. The number of pyridine rings is 1. The molecule has 3 aromatic rings. The van der Waals surface area contributed by atoms with Crippen LogP contribution in [0.25, 0.3) is 0 Å². The molecule has 2 aromatic carbocycles. The lowest BCUT2D eigenvalue weighted by atomic mass is 10.1. The van der Waals surface area contributed by atoms with Crippen LogP contribution in [0, 0.1) is 0 Å². The first-order valence-electron chi connectivity index (χ1n) is 8.42. The van der Waals surface area contributed by atoms with Crippen molar-refractivity contribution in [3.8, 4) is 5.75 Å². The number of ether oxygens (including phenoxy) is 1. The summed E-state index contributed by atoms with van der Waals surface area (Å²) >= 11 is 12.3. The van der Waals surface area contributed by atoms with Crippen molar-refractivity contribution in [1.82, 2.24) is 10.3 Å². The molecular formula is C21H20Cl2N2O. The van der Waals surface area contributed by atoms with Crippen molar-refractivity contribution < 1.29 is 4.74 Å². The first kappa shape index (κ1) is 18.7. The molecule has 3 nitrogen and oxygen atoms in total. The van der Waals surface area contributed by atoms with Crippen molar-refractivity contribution in [3.63, 3.8) is 0 Å². The van der Waals surface area contributed by atoms with E-state index in [1.165, 1.54) is 0 Å². The van der Waals surface area contributed by atoms with Crippen molar-refractivity contribution in [1.29, 1.82) is 0 Å². The second-order valence-electron chi connectivity index (χ2n) is 6.03. The first-order chi connectivity index (χ1) is 12.6. The molecular weight excluding hydrogens is 367 g/mol. The van der Waals surface area contributed by atoms with Gasteiger partial charge in [-0.3, -0.25) is 4.98 Å².